The van der Waals surface area contributed by atoms with Crippen molar-refractivity contribution in [3.8, 4) is 0 Å². The highest BCUT2D eigenvalue weighted by atomic mass is 16.4. The summed E-state index contributed by atoms with van der Waals surface area (Å²) in [6.45, 7) is 1.54. The van der Waals surface area contributed by atoms with E-state index in [2.05, 4.69) is 46.9 Å². The molecule has 1 aromatic heterocycles. The van der Waals surface area contributed by atoms with Crippen molar-refractivity contribution in [2.24, 2.45) is 33.8 Å². The minimum Gasteiger partial charge on any atom is -0.481 e. The van der Waals surface area contributed by atoms with E-state index < -0.39 is 122 Å². The lowest BCUT2D eigenvalue weighted by molar-refractivity contribution is -0.143. The second-order valence-corrected chi connectivity index (χ2v) is 13.6. The number of nitrogens with one attached hydrogen (secondary N) is 7. The number of nitrogens with two attached hydrogens (primary N) is 4. The first kappa shape index (κ1) is 50.6. The fourth-order valence-electron chi connectivity index (χ4n) is 5.14. The van der Waals surface area contributed by atoms with Crippen molar-refractivity contribution in [2.45, 2.75) is 101 Å². The summed E-state index contributed by atoms with van der Waals surface area (Å²) in [5, 5.41) is 52.2. The van der Waals surface area contributed by atoms with Crippen molar-refractivity contribution in [3.63, 3.8) is 0 Å². The summed E-state index contributed by atoms with van der Waals surface area (Å²) < 4.78 is 0. The summed E-state index contributed by atoms with van der Waals surface area (Å²) >= 11 is 0. The maximum absolute atomic E-state index is 13.8. The Morgan fingerprint density at radius 2 is 1.20 bits per heavy atom. The average molecular weight is 842 g/mol. The number of aromatic nitrogens is 2. The van der Waals surface area contributed by atoms with Gasteiger partial charge < -0.3 is 80.2 Å². The number of aliphatic hydroxyl groups is 2. The van der Waals surface area contributed by atoms with Crippen LogP contribution in [-0.4, -0.2) is 152 Å². The smallest absolute Gasteiger partial charge is 0.326 e. The Morgan fingerprint density at radius 1 is 0.712 bits per heavy atom. The molecule has 0 aromatic carbocycles. The lowest BCUT2D eigenvalue weighted by atomic mass is 10.0. The normalized spacial score (nSPS) is 14.5. The highest BCUT2D eigenvalue weighted by Gasteiger charge is 2.35. The summed E-state index contributed by atoms with van der Waals surface area (Å²) in [4.78, 5) is 124. The third kappa shape index (κ3) is 19.5. The maximum Gasteiger partial charge on any atom is 0.326 e. The van der Waals surface area contributed by atoms with E-state index in [1.54, 1.807) is 13.8 Å². The SMILES string of the molecule is CC(C)C[C@H](NC(=O)[C@H](Cc1cnc[nH]1)NC(=O)[C@H](CC(=O)O)NC(=O)[C@H](CO)NC(=O)[C@@H](N)CCCN=C(N)N)C(=O)N[C@@H](CO)C(=O)N[C@@H](CCC(N)=O)C(=O)O. The number of carbonyl (C=O) groups is 9. The van der Waals surface area contributed by atoms with Crippen LogP contribution < -0.4 is 54.8 Å². The van der Waals surface area contributed by atoms with E-state index in [1.165, 1.54) is 12.5 Å². The van der Waals surface area contributed by atoms with Gasteiger partial charge in [0.1, 0.15) is 36.3 Å². The molecule has 26 heteroatoms. The van der Waals surface area contributed by atoms with Crippen LogP contribution in [0.15, 0.2) is 17.5 Å². The van der Waals surface area contributed by atoms with Crippen molar-refractivity contribution in [3.05, 3.63) is 18.2 Å². The molecule has 0 spiro atoms. The first-order chi connectivity index (χ1) is 27.7. The van der Waals surface area contributed by atoms with Gasteiger partial charge in [-0.3, -0.25) is 43.3 Å². The Bertz CT molecular complexity index is 1640. The Balaban J connectivity index is 3.24. The van der Waals surface area contributed by atoms with Gasteiger partial charge >= 0.3 is 11.9 Å². The zero-order valence-electron chi connectivity index (χ0n) is 32.5. The molecule has 0 radical (unpaired) electrons. The van der Waals surface area contributed by atoms with Crippen molar-refractivity contribution < 1.29 is 63.6 Å². The molecular weight excluding hydrogens is 786 g/mol. The summed E-state index contributed by atoms with van der Waals surface area (Å²) in [5.74, 6) is -10.8. The number of aromatic amines is 1. The maximum atomic E-state index is 13.8. The summed E-state index contributed by atoms with van der Waals surface area (Å²) in [7, 11) is 0. The molecule has 0 aliphatic carbocycles. The number of primary amides is 1. The van der Waals surface area contributed by atoms with Gasteiger partial charge in [0.2, 0.25) is 41.4 Å². The number of carbonyl (C=O) groups excluding carboxylic acids is 7. The van der Waals surface area contributed by atoms with Crippen molar-refractivity contribution in [1.82, 2.24) is 41.9 Å². The summed E-state index contributed by atoms with van der Waals surface area (Å²) in [6.07, 6.45) is 0.747. The van der Waals surface area contributed by atoms with E-state index in [9.17, 15) is 63.6 Å². The van der Waals surface area contributed by atoms with E-state index in [4.69, 9.17) is 22.9 Å². The topological polar surface area (TPSA) is 452 Å². The van der Waals surface area contributed by atoms with Crippen LogP contribution >= 0.6 is 0 Å². The third-order valence-corrected chi connectivity index (χ3v) is 8.19. The number of imidazole rings is 1. The Kier molecular flexibility index (Phi) is 22.1. The molecule has 59 heavy (non-hydrogen) atoms. The standard InChI is InChI=1S/C33H55N13O13/c1-15(2)8-19(27(53)46-23(13-48)30(56)41-18(32(58)59)5-6-24(35)49)42-28(54)20(9-16-11-38-14-40-16)43-29(55)21(10-25(50)51)44-31(57)22(12-47)45-26(52)17(34)4-3-7-39-33(36)37/h11,14-15,17-23,47-48H,3-10,12-13,34H2,1-2H3,(H2,35,49)(H,38,40)(H,41,56)(H,42,54)(H,43,55)(H,44,57)(H,45,52)(H,46,53)(H,50,51)(H,58,59)(H4,36,37,39)/t17-,18-,19-,20-,21-,22-,23-/m0/s1. The molecule has 0 aliphatic heterocycles. The van der Waals surface area contributed by atoms with Gasteiger partial charge in [0.25, 0.3) is 0 Å². The van der Waals surface area contributed by atoms with Gasteiger partial charge in [-0.2, -0.15) is 0 Å². The summed E-state index contributed by atoms with van der Waals surface area (Å²) in [6, 6.07) is -11.1. The number of rotatable bonds is 28. The number of guanidine groups is 1. The molecule has 0 saturated carbocycles. The van der Waals surface area contributed by atoms with Gasteiger partial charge in [-0.15, -0.1) is 0 Å². The molecule has 0 aliphatic rings. The fraction of sp³-hybridized carbons (Fsp3) is 0.606. The van der Waals surface area contributed by atoms with Crippen molar-refractivity contribution >= 4 is 59.2 Å². The molecule has 0 bridgehead atoms. The number of amides is 7. The Labute approximate surface area is 337 Å². The first-order valence-electron chi connectivity index (χ1n) is 18.2. The highest BCUT2D eigenvalue weighted by molar-refractivity contribution is 5.98. The first-order valence-corrected chi connectivity index (χ1v) is 18.2. The predicted molar refractivity (Wildman–Crippen MR) is 204 cm³/mol. The lowest BCUT2D eigenvalue weighted by Gasteiger charge is -2.27. The van der Waals surface area contributed by atoms with Crippen LogP contribution in [0.2, 0.25) is 0 Å². The van der Waals surface area contributed by atoms with Crippen LogP contribution in [0.4, 0.5) is 0 Å². The largest absolute Gasteiger partial charge is 0.481 e. The fourth-order valence-corrected chi connectivity index (χ4v) is 5.14. The summed E-state index contributed by atoms with van der Waals surface area (Å²) in [5.41, 5.74) is 21.7. The minimum atomic E-state index is -1.88. The van der Waals surface area contributed by atoms with Crippen LogP contribution in [0, 0.1) is 5.92 Å². The molecule has 1 aromatic rings. The molecular formula is C33H55N13O13. The van der Waals surface area contributed by atoms with E-state index >= 15 is 0 Å². The molecule has 1 rings (SSSR count). The lowest BCUT2D eigenvalue weighted by Crippen LogP contribution is -2.61. The molecule has 7 atom stereocenters. The van der Waals surface area contributed by atoms with Gasteiger partial charge in [-0.05, 0) is 31.6 Å². The third-order valence-electron chi connectivity index (χ3n) is 8.19. The number of nitrogens with zero attached hydrogens (tertiary/aromatic N) is 2. The van der Waals surface area contributed by atoms with E-state index in [0.717, 1.165) is 0 Å². The number of hydrogen-bond donors (Lipinski definition) is 15. The number of carboxylic acid groups (broad SMARTS) is 2. The number of carboxylic acids is 2. The molecule has 0 unspecified atom stereocenters. The average Bonchev–Trinajstić information content (AvgIpc) is 3.67. The second-order valence-electron chi connectivity index (χ2n) is 13.6. The van der Waals surface area contributed by atoms with Crippen LogP contribution in [0.3, 0.4) is 0 Å². The Hall–Kier alpha value is -6.41. The minimum absolute atomic E-state index is 0.0652. The van der Waals surface area contributed by atoms with Crippen molar-refractivity contribution in [1.29, 1.82) is 0 Å². The zero-order valence-corrected chi connectivity index (χ0v) is 32.5. The van der Waals surface area contributed by atoms with Crippen LogP contribution in [0.5, 0.6) is 0 Å². The molecule has 26 nitrogen and oxygen atoms in total. The van der Waals surface area contributed by atoms with E-state index in [1.807, 2.05) is 0 Å². The monoisotopic (exact) mass is 841 g/mol. The van der Waals surface area contributed by atoms with Crippen LogP contribution in [-0.2, 0) is 49.6 Å². The van der Waals surface area contributed by atoms with Gasteiger partial charge in [0.15, 0.2) is 5.96 Å². The predicted octanol–water partition coefficient (Wildman–Crippen LogP) is -6.90. The number of aliphatic carboxylic acids is 2. The number of aliphatic imine (C=N–C) groups is 1. The van der Waals surface area contributed by atoms with Gasteiger partial charge in [0, 0.05) is 31.3 Å². The number of H-pyrrole nitrogens is 1. The van der Waals surface area contributed by atoms with Crippen LogP contribution in [0.1, 0.15) is 58.1 Å². The molecule has 330 valence electrons. The van der Waals surface area contributed by atoms with Crippen LogP contribution in [0.25, 0.3) is 0 Å². The van der Waals surface area contributed by atoms with Gasteiger partial charge in [-0.25, -0.2) is 9.78 Å². The molecule has 1 heterocycles. The molecule has 0 saturated heterocycles. The quantitative estimate of drug-likeness (QED) is 0.0212. The molecule has 0 fully saturated rings. The van der Waals surface area contributed by atoms with E-state index in [-0.39, 0.29) is 56.2 Å². The number of hydrogen-bond acceptors (Lipinski definition) is 14. The van der Waals surface area contributed by atoms with Gasteiger partial charge in [-0.1, -0.05) is 13.8 Å². The van der Waals surface area contributed by atoms with E-state index in [0.29, 0.717) is 0 Å². The highest BCUT2D eigenvalue weighted by Crippen LogP contribution is 2.09. The second kappa shape index (κ2) is 25.8. The Morgan fingerprint density at radius 3 is 1.69 bits per heavy atom. The zero-order chi connectivity index (χ0) is 44.8. The van der Waals surface area contributed by atoms with Gasteiger partial charge in [0.05, 0.1) is 32.0 Å². The molecule has 7 amide bonds. The van der Waals surface area contributed by atoms with Crippen molar-refractivity contribution in [2.75, 3.05) is 19.8 Å². The number of aliphatic hydroxyl groups excluding tert-OH is 2. The molecule has 19 N–H and O–H groups in total.